The van der Waals surface area contributed by atoms with Crippen molar-refractivity contribution in [3.8, 4) is 5.75 Å². The summed E-state index contributed by atoms with van der Waals surface area (Å²) in [7, 11) is -3.73. The van der Waals surface area contributed by atoms with E-state index in [2.05, 4.69) is 4.99 Å². The number of ether oxygens (including phenoxy) is 2. The quantitative estimate of drug-likeness (QED) is 0.290. The van der Waals surface area contributed by atoms with Gasteiger partial charge in [-0.1, -0.05) is 35.6 Å². The molecular weight excluding hydrogens is 550 g/mol. The Labute approximate surface area is 236 Å². The second kappa shape index (κ2) is 11.7. The van der Waals surface area contributed by atoms with Crippen molar-refractivity contribution >= 4 is 43.5 Å². The number of nitrogens with zero attached hydrogens (tertiary/aromatic N) is 3. The second-order valence-electron chi connectivity index (χ2n) is 9.14. The minimum absolute atomic E-state index is 0.107. The molecule has 0 fully saturated rings. The van der Waals surface area contributed by atoms with Crippen LogP contribution < -0.4 is 9.54 Å². The summed E-state index contributed by atoms with van der Waals surface area (Å²) in [6, 6.07) is 19.1. The lowest BCUT2D eigenvalue weighted by atomic mass is 10.0. The van der Waals surface area contributed by atoms with Crippen LogP contribution in [-0.2, 0) is 39.1 Å². The van der Waals surface area contributed by atoms with Crippen molar-refractivity contribution in [2.45, 2.75) is 38.3 Å². The number of amides is 1. The number of rotatable bonds is 8. The van der Waals surface area contributed by atoms with Crippen molar-refractivity contribution in [3.05, 3.63) is 88.2 Å². The molecule has 5 rings (SSSR count). The SMILES string of the molecule is CCOC(=O)Cn1c(=NC(=O)c2ccc(S(=O)(=O)N3CCc4ccccc4C3)cc2)sc2cc(OCC)ccc21. The first-order valence-electron chi connectivity index (χ1n) is 13.0. The molecule has 0 atom stereocenters. The van der Waals surface area contributed by atoms with E-state index in [1.165, 1.54) is 39.9 Å². The second-order valence-corrected chi connectivity index (χ2v) is 12.1. The Bertz CT molecular complexity index is 1740. The van der Waals surface area contributed by atoms with Gasteiger partial charge in [0.2, 0.25) is 10.0 Å². The molecule has 0 saturated heterocycles. The first-order chi connectivity index (χ1) is 19.3. The van der Waals surface area contributed by atoms with Crippen molar-refractivity contribution in [2.24, 2.45) is 4.99 Å². The number of sulfonamides is 1. The molecule has 0 N–H and O–H groups in total. The Hall–Kier alpha value is -3.80. The van der Waals surface area contributed by atoms with Crippen LogP contribution in [0.25, 0.3) is 10.2 Å². The molecule has 0 unspecified atom stereocenters. The molecule has 0 saturated carbocycles. The van der Waals surface area contributed by atoms with Crippen molar-refractivity contribution in [1.82, 2.24) is 8.87 Å². The highest BCUT2D eigenvalue weighted by Gasteiger charge is 2.28. The van der Waals surface area contributed by atoms with Crippen molar-refractivity contribution in [1.29, 1.82) is 0 Å². The Kier molecular flexibility index (Phi) is 8.15. The van der Waals surface area contributed by atoms with Gasteiger partial charge in [0.1, 0.15) is 12.3 Å². The van der Waals surface area contributed by atoms with Gasteiger partial charge in [-0.25, -0.2) is 8.42 Å². The van der Waals surface area contributed by atoms with Crippen LogP contribution in [0.2, 0.25) is 0 Å². The smallest absolute Gasteiger partial charge is 0.326 e. The topological polar surface area (TPSA) is 107 Å². The maximum atomic E-state index is 13.3. The molecule has 40 heavy (non-hydrogen) atoms. The molecule has 1 amide bonds. The van der Waals surface area contributed by atoms with E-state index in [0.29, 0.717) is 36.7 Å². The summed E-state index contributed by atoms with van der Waals surface area (Å²) in [5, 5.41) is 0. The maximum Gasteiger partial charge on any atom is 0.326 e. The minimum Gasteiger partial charge on any atom is -0.494 e. The van der Waals surface area contributed by atoms with Gasteiger partial charge in [0.15, 0.2) is 4.80 Å². The first-order valence-corrected chi connectivity index (χ1v) is 15.2. The van der Waals surface area contributed by atoms with Crippen LogP contribution in [0.3, 0.4) is 0 Å². The van der Waals surface area contributed by atoms with Crippen LogP contribution in [0.5, 0.6) is 5.75 Å². The van der Waals surface area contributed by atoms with E-state index in [0.717, 1.165) is 21.3 Å². The lowest BCUT2D eigenvalue weighted by molar-refractivity contribution is -0.143. The van der Waals surface area contributed by atoms with E-state index in [4.69, 9.17) is 9.47 Å². The monoisotopic (exact) mass is 579 g/mol. The van der Waals surface area contributed by atoms with Crippen molar-refractivity contribution < 1.29 is 27.5 Å². The number of carbonyl (C=O) groups is 2. The average molecular weight is 580 g/mol. The molecular formula is C29H29N3O6S2. The fraction of sp³-hybridized carbons (Fsp3) is 0.276. The molecule has 0 aliphatic carbocycles. The molecule has 1 aliphatic rings. The fourth-order valence-electron chi connectivity index (χ4n) is 4.63. The zero-order valence-corrected chi connectivity index (χ0v) is 23.8. The summed E-state index contributed by atoms with van der Waals surface area (Å²) in [6.45, 7) is 4.96. The third kappa shape index (κ3) is 5.72. The molecule has 2 heterocycles. The Balaban J connectivity index is 1.43. The van der Waals surface area contributed by atoms with Gasteiger partial charge in [0.05, 0.1) is 28.3 Å². The van der Waals surface area contributed by atoms with Gasteiger partial charge in [-0.2, -0.15) is 9.30 Å². The largest absolute Gasteiger partial charge is 0.494 e. The normalized spacial score (nSPS) is 14.2. The molecule has 1 aromatic heterocycles. The van der Waals surface area contributed by atoms with Gasteiger partial charge in [0, 0.05) is 18.7 Å². The van der Waals surface area contributed by atoms with Crippen LogP contribution in [0.1, 0.15) is 35.3 Å². The lowest BCUT2D eigenvalue weighted by Gasteiger charge is -2.28. The minimum atomic E-state index is -3.73. The van der Waals surface area contributed by atoms with Crippen LogP contribution >= 0.6 is 11.3 Å². The third-order valence-corrected chi connectivity index (χ3v) is 9.49. The van der Waals surface area contributed by atoms with Crippen LogP contribution in [0.15, 0.2) is 76.6 Å². The summed E-state index contributed by atoms with van der Waals surface area (Å²) in [5.74, 6) is -0.323. The maximum absolute atomic E-state index is 13.3. The highest BCUT2D eigenvalue weighted by molar-refractivity contribution is 7.89. The molecule has 11 heteroatoms. The van der Waals surface area contributed by atoms with Crippen LogP contribution in [0.4, 0.5) is 0 Å². The number of hydrogen-bond acceptors (Lipinski definition) is 7. The van der Waals surface area contributed by atoms with E-state index in [-0.39, 0.29) is 23.6 Å². The Morgan fingerprint density at radius 2 is 1.73 bits per heavy atom. The van der Waals surface area contributed by atoms with Gasteiger partial charge < -0.3 is 14.0 Å². The van der Waals surface area contributed by atoms with E-state index in [1.54, 1.807) is 17.6 Å². The molecule has 9 nitrogen and oxygen atoms in total. The fourth-order valence-corrected chi connectivity index (χ4v) is 7.10. The van der Waals surface area contributed by atoms with Crippen LogP contribution in [0, 0.1) is 0 Å². The molecule has 0 radical (unpaired) electrons. The number of benzene rings is 3. The summed E-state index contributed by atoms with van der Waals surface area (Å²) in [4.78, 5) is 30.2. The summed E-state index contributed by atoms with van der Waals surface area (Å²) >= 11 is 1.25. The number of fused-ring (bicyclic) bond motifs is 2. The predicted molar refractivity (Wildman–Crippen MR) is 152 cm³/mol. The van der Waals surface area contributed by atoms with E-state index in [1.807, 2.05) is 43.3 Å². The lowest BCUT2D eigenvalue weighted by Crippen LogP contribution is -2.35. The van der Waals surface area contributed by atoms with Gasteiger partial charge >= 0.3 is 5.97 Å². The van der Waals surface area contributed by atoms with Crippen molar-refractivity contribution in [3.63, 3.8) is 0 Å². The van der Waals surface area contributed by atoms with Gasteiger partial charge in [-0.05, 0) is 73.9 Å². The number of esters is 1. The summed E-state index contributed by atoms with van der Waals surface area (Å²) in [5.41, 5.74) is 3.11. The Morgan fingerprint density at radius 1 is 0.975 bits per heavy atom. The molecule has 1 aliphatic heterocycles. The molecule has 208 valence electrons. The molecule has 4 aromatic rings. The standard InChI is InChI=1S/C29H29N3O6S2/c1-3-37-23-11-14-25-26(17-23)39-29(32(25)19-27(33)38-4-2)30-28(34)21-9-12-24(13-10-21)40(35,36)31-16-15-20-7-5-6-8-22(20)18-31/h5-14,17H,3-4,15-16,18-19H2,1-2H3. The zero-order chi connectivity index (χ0) is 28.3. The predicted octanol–water partition coefficient (Wildman–Crippen LogP) is 4.15. The number of aromatic nitrogens is 1. The number of carbonyl (C=O) groups excluding carboxylic acids is 2. The summed E-state index contributed by atoms with van der Waals surface area (Å²) < 4.78 is 41.2. The number of thiazole rings is 1. The van der Waals surface area contributed by atoms with Gasteiger partial charge in [-0.3, -0.25) is 9.59 Å². The zero-order valence-electron chi connectivity index (χ0n) is 22.2. The molecule has 0 bridgehead atoms. The highest BCUT2D eigenvalue weighted by Crippen LogP contribution is 2.26. The Morgan fingerprint density at radius 3 is 2.45 bits per heavy atom. The summed E-state index contributed by atoms with van der Waals surface area (Å²) in [6.07, 6.45) is 0.651. The van der Waals surface area contributed by atoms with E-state index < -0.39 is 21.9 Å². The third-order valence-electron chi connectivity index (χ3n) is 6.59. The van der Waals surface area contributed by atoms with E-state index in [9.17, 15) is 18.0 Å². The average Bonchev–Trinajstić information content (AvgIpc) is 3.28. The van der Waals surface area contributed by atoms with Crippen LogP contribution in [-0.4, -0.2) is 48.9 Å². The molecule has 3 aromatic carbocycles. The van der Waals surface area contributed by atoms with Crippen molar-refractivity contribution in [2.75, 3.05) is 19.8 Å². The highest BCUT2D eigenvalue weighted by atomic mass is 32.2. The van der Waals surface area contributed by atoms with Gasteiger partial charge in [-0.15, -0.1) is 0 Å². The number of hydrogen-bond donors (Lipinski definition) is 0. The molecule has 0 spiro atoms. The van der Waals surface area contributed by atoms with Gasteiger partial charge in [0.25, 0.3) is 5.91 Å². The first kappa shape index (κ1) is 27.8. The van der Waals surface area contributed by atoms with E-state index >= 15 is 0 Å².